The molecule has 1 N–H and O–H groups in total. The van der Waals surface area contributed by atoms with E-state index in [1.807, 2.05) is 26.2 Å². The van der Waals surface area contributed by atoms with Gasteiger partial charge in [-0.1, -0.05) is 19.1 Å². The monoisotopic (exact) mass is 286 g/mol. The number of methoxy groups -OCH3 is 1. The molecule has 0 fully saturated rings. The quantitative estimate of drug-likeness (QED) is 0.885. The highest BCUT2D eigenvalue weighted by atomic mass is 16.5. The summed E-state index contributed by atoms with van der Waals surface area (Å²) >= 11 is 0. The third kappa shape index (κ3) is 3.42. The van der Waals surface area contributed by atoms with Gasteiger partial charge < -0.3 is 15.0 Å². The molecule has 5 heteroatoms. The molecule has 0 aliphatic heterocycles. The summed E-state index contributed by atoms with van der Waals surface area (Å²) in [4.78, 5) is 10.9. The van der Waals surface area contributed by atoms with Gasteiger partial charge in [0.2, 0.25) is 0 Å². The molecule has 1 aromatic heterocycles. The fraction of sp³-hybridized carbons (Fsp3) is 0.375. The van der Waals surface area contributed by atoms with E-state index in [1.165, 1.54) is 5.56 Å². The third-order valence-electron chi connectivity index (χ3n) is 3.45. The van der Waals surface area contributed by atoms with Crippen molar-refractivity contribution in [2.75, 3.05) is 31.4 Å². The van der Waals surface area contributed by atoms with Gasteiger partial charge in [0.05, 0.1) is 7.11 Å². The molecule has 0 aliphatic rings. The molecule has 0 unspecified atom stereocenters. The standard InChI is InChI=1S/C16H22N4O/c1-5-14-15(17-2)18-11-19-16(14)20(3)10-12-6-8-13(21-4)9-7-12/h6-9,11H,5,10H2,1-4H3,(H,17,18,19). The highest BCUT2D eigenvalue weighted by Crippen LogP contribution is 2.24. The average Bonchev–Trinajstić information content (AvgIpc) is 2.54. The Kier molecular flexibility index (Phi) is 4.98. The van der Waals surface area contributed by atoms with Crippen LogP contribution in [0.4, 0.5) is 11.6 Å². The predicted molar refractivity (Wildman–Crippen MR) is 86.1 cm³/mol. The van der Waals surface area contributed by atoms with Crippen molar-refractivity contribution < 1.29 is 4.74 Å². The van der Waals surface area contributed by atoms with E-state index >= 15 is 0 Å². The maximum atomic E-state index is 5.18. The van der Waals surface area contributed by atoms with Gasteiger partial charge in [-0.15, -0.1) is 0 Å². The maximum Gasteiger partial charge on any atom is 0.137 e. The molecule has 1 heterocycles. The number of nitrogens with zero attached hydrogens (tertiary/aromatic N) is 3. The lowest BCUT2D eigenvalue weighted by Gasteiger charge is -2.22. The van der Waals surface area contributed by atoms with Gasteiger partial charge in [0, 0.05) is 26.2 Å². The van der Waals surface area contributed by atoms with E-state index in [-0.39, 0.29) is 0 Å². The van der Waals surface area contributed by atoms with E-state index in [9.17, 15) is 0 Å². The number of aromatic nitrogens is 2. The Morgan fingerprint density at radius 1 is 1.19 bits per heavy atom. The van der Waals surface area contributed by atoms with Crippen molar-refractivity contribution in [2.24, 2.45) is 0 Å². The maximum absolute atomic E-state index is 5.18. The van der Waals surface area contributed by atoms with Crippen molar-refractivity contribution in [3.8, 4) is 5.75 Å². The first-order valence-electron chi connectivity index (χ1n) is 7.05. The van der Waals surface area contributed by atoms with Crippen LogP contribution in [0.3, 0.4) is 0 Å². The number of benzene rings is 1. The molecule has 0 radical (unpaired) electrons. The van der Waals surface area contributed by atoms with Crippen molar-refractivity contribution >= 4 is 11.6 Å². The number of rotatable bonds is 6. The number of anilines is 2. The van der Waals surface area contributed by atoms with E-state index in [0.717, 1.165) is 35.9 Å². The van der Waals surface area contributed by atoms with Crippen LogP contribution in [0.1, 0.15) is 18.1 Å². The van der Waals surface area contributed by atoms with Gasteiger partial charge in [0.25, 0.3) is 0 Å². The number of nitrogens with one attached hydrogen (secondary N) is 1. The van der Waals surface area contributed by atoms with Crippen molar-refractivity contribution in [1.82, 2.24) is 9.97 Å². The topological polar surface area (TPSA) is 50.3 Å². The van der Waals surface area contributed by atoms with Crippen molar-refractivity contribution in [1.29, 1.82) is 0 Å². The lowest BCUT2D eigenvalue weighted by molar-refractivity contribution is 0.414. The Balaban J connectivity index is 2.21. The van der Waals surface area contributed by atoms with Crippen LogP contribution in [0.5, 0.6) is 5.75 Å². The Morgan fingerprint density at radius 2 is 1.90 bits per heavy atom. The molecule has 112 valence electrons. The summed E-state index contributed by atoms with van der Waals surface area (Å²) in [7, 11) is 5.61. The lowest BCUT2D eigenvalue weighted by atomic mass is 10.1. The minimum Gasteiger partial charge on any atom is -0.497 e. The second-order valence-corrected chi connectivity index (χ2v) is 4.83. The highest BCUT2D eigenvalue weighted by molar-refractivity contribution is 5.58. The van der Waals surface area contributed by atoms with Crippen LogP contribution in [0.2, 0.25) is 0 Å². The Morgan fingerprint density at radius 3 is 2.48 bits per heavy atom. The Bertz CT molecular complexity index is 583. The van der Waals surface area contributed by atoms with Crippen LogP contribution < -0.4 is 15.0 Å². The van der Waals surface area contributed by atoms with Crippen LogP contribution in [0, 0.1) is 0 Å². The van der Waals surface area contributed by atoms with Gasteiger partial charge >= 0.3 is 0 Å². The zero-order valence-corrected chi connectivity index (χ0v) is 13.1. The summed E-state index contributed by atoms with van der Waals surface area (Å²) in [5.41, 5.74) is 2.35. The summed E-state index contributed by atoms with van der Waals surface area (Å²) in [6, 6.07) is 8.09. The molecular weight excluding hydrogens is 264 g/mol. The molecule has 2 rings (SSSR count). The van der Waals surface area contributed by atoms with Gasteiger partial charge in [0.1, 0.15) is 23.7 Å². The van der Waals surface area contributed by atoms with Crippen LogP contribution in [0.25, 0.3) is 0 Å². The molecule has 0 saturated carbocycles. The number of hydrogen-bond acceptors (Lipinski definition) is 5. The molecule has 1 aromatic carbocycles. The summed E-state index contributed by atoms with van der Waals surface area (Å²) < 4.78 is 5.18. The summed E-state index contributed by atoms with van der Waals surface area (Å²) in [5, 5.41) is 3.13. The second kappa shape index (κ2) is 6.92. The van der Waals surface area contributed by atoms with Crippen molar-refractivity contribution in [3.05, 3.63) is 41.7 Å². The first-order valence-corrected chi connectivity index (χ1v) is 7.05. The molecule has 21 heavy (non-hydrogen) atoms. The molecular formula is C16H22N4O. The van der Waals surface area contributed by atoms with Crippen molar-refractivity contribution in [3.63, 3.8) is 0 Å². The molecule has 0 saturated heterocycles. The van der Waals surface area contributed by atoms with E-state index in [1.54, 1.807) is 13.4 Å². The normalized spacial score (nSPS) is 10.3. The fourth-order valence-electron chi connectivity index (χ4n) is 2.35. The van der Waals surface area contributed by atoms with E-state index < -0.39 is 0 Å². The number of ether oxygens (including phenoxy) is 1. The molecule has 5 nitrogen and oxygen atoms in total. The predicted octanol–water partition coefficient (Wildman–Crippen LogP) is 2.73. The zero-order chi connectivity index (χ0) is 15.2. The van der Waals surface area contributed by atoms with E-state index in [4.69, 9.17) is 4.74 Å². The minimum absolute atomic E-state index is 0.789. The summed E-state index contributed by atoms with van der Waals surface area (Å²) in [5.74, 6) is 2.73. The van der Waals surface area contributed by atoms with Crippen molar-refractivity contribution in [2.45, 2.75) is 19.9 Å². The zero-order valence-electron chi connectivity index (χ0n) is 13.1. The Labute approximate surface area is 126 Å². The molecule has 2 aromatic rings. The SMILES string of the molecule is CCc1c(NC)ncnc1N(C)Cc1ccc(OC)cc1. The number of hydrogen-bond donors (Lipinski definition) is 1. The van der Waals surface area contributed by atoms with Gasteiger partial charge in [-0.25, -0.2) is 9.97 Å². The molecule has 0 bridgehead atoms. The largest absolute Gasteiger partial charge is 0.497 e. The van der Waals surface area contributed by atoms with E-state index in [0.29, 0.717) is 0 Å². The molecule has 0 amide bonds. The molecule has 0 atom stereocenters. The van der Waals surface area contributed by atoms with Gasteiger partial charge in [0.15, 0.2) is 0 Å². The smallest absolute Gasteiger partial charge is 0.137 e. The lowest BCUT2D eigenvalue weighted by Crippen LogP contribution is -2.20. The molecule has 0 spiro atoms. The van der Waals surface area contributed by atoms with Gasteiger partial charge in [-0.3, -0.25) is 0 Å². The molecule has 0 aliphatic carbocycles. The minimum atomic E-state index is 0.789. The second-order valence-electron chi connectivity index (χ2n) is 4.83. The first-order chi connectivity index (χ1) is 10.2. The summed E-state index contributed by atoms with van der Waals surface area (Å²) in [6.45, 7) is 2.90. The van der Waals surface area contributed by atoms with E-state index in [2.05, 4.69) is 39.2 Å². The summed E-state index contributed by atoms with van der Waals surface area (Å²) in [6.07, 6.45) is 2.49. The fourth-order valence-corrected chi connectivity index (χ4v) is 2.35. The third-order valence-corrected chi connectivity index (χ3v) is 3.45. The van der Waals surface area contributed by atoms with Crippen LogP contribution >= 0.6 is 0 Å². The van der Waals surface area contributed by atoms with Crippen LogP contribution in [0.15, 0.2) is 30.6 Å². The van der Waals surface area contributed by atoms with Crippen LogP contribution in [-0.2, 0) is 13.0 Å². The first kappa shape index (κ1) is 15.1. The highest BCUT2D eigenvalue weighted by Gasteiger charge is 2.13. The Hall–Kier alpha value is -2.30. The van der Waals surface area contributed by atoms with Gasteiger partial charge in [-0.2, -0.15) is 0 Å². The van der Waals surface area contributed by atoms with Crippen LogP contribution in [-0.4, -0.2) is 31.2 Å². The average molecular weight is 286 g/mol. The van der Waals surface area contributed by atoms with Gasteiger partial charge in [-0.05, 0) is 24.1 Å².